The van der Waals surface area contributed by atoms with Crippen LogP contribution in [0.1, 0.15) is 30.0 Å². The fraction of sp³-hybridized carbons (Fsp3) is 0.304. The number of nitrogens with zero attached hydrogens (tertiary/aromatic N) is 2. The Balaban J connectivity index is 1.46. The van der Waals surface area contributed by atoms with Gasteiger partial charge >= 0.3 is 5.69 Å². The maximum Gasteiger partial charge on any atom is 0.328 e. The highest BCUT2D eigenvalue weighted by atomic mass is 35.5. The van der Waals surface area contributed by atoms with Gasteiger partial charge in [-0.05, 0) is 62.2 Å². The minimum Gasteiger partial charge on any atom is -0.457 e. The van der Waals surface area contributed by atoms with Gasteiger partial charge in [0, 0.05) is 29.9 Å². The van der Waals surface area contributed by atoms with Crippen molar-refractivity contribution in [2.24, 2.45) is 0 Å². The van der Waals surface area contributed by atoms with E-state index in [1.165, 1.54) is 0 Å². The van der Waals surface area contributed by atoms with Crippen LogP contribution in [-0.2, 0) is 6.54 Å². The van der Waals surface area contributed by atoms with E-state index in [1.54, 1.807) is 23.8 Å². The van der Waals surface area contributed by atoms with Crippen molar-refractivity contribution < 1.29 is 4.74 Å². The highest BCUT2D eigenvalue weighted by Gasteiger charge is 2.22. The highest BCUT2D eigenvalue weighted by molar-refractivity contribution is 6.30. The molecule has 0 bridgehead atoms. The molecule has 2 aromatic carbocycles. The molecule has 0 saturated carbocycles. The molecule has 2 heterocycles. The van der Waals surface area contributed by atoms with Gasteiger partial charge in [0.05, 0.1) is 6.04 Å². The van der Waals surface area contributed by atoms with Gasteiger partial charge in [-0.3, -0.25) is 19.2 Å². The average Bonchev–Trinajstić information content (AvgIpc) is 2.71. The molecule has 1 aliphatic heterocycles. The lowest BCUT2D eigenvalue weighted by Crippen LogP contribution is -2.41. The van der Waals surface area contributed by atoms with E-state index < -0.39 is 0 Å². The van der Waals surface area contributed by atoms with Crippen molar-refractivity contribution in [1.82, 2.24) is 14.5 Å². The molecule has 7 heteroatoms. The molecular formula is C23H24ClN3O3. The number of nitrogens with one attached hydrogen (secondary N) is 1. The van der Waals surface area contributed by atoms with Crippen molar-refractivity contribution >= 4 is 11.6 Å². The first kappa shape index (κ1) is 20.4. The second-order valence-corrected chi connectivity index (χ2v) is 8.15. The number of hydrogen-bond donors (Lipinski definition) is 1. The van der Waals surface area contributed by atoms with Crippen LogP contribution in [0, 0.1) is 6.92 Å². The molecule has 4 rings (SSSR count). The summed E-state index contributed by atoms with van der Waals surface area (Å²) in [5.41, 5.74) is 1.03. The highest BCUT2D eigenvalue weighted by Crippen LogP contribution is 2.26. The quantitative estimate of drug-likeness (QED) is 0.667. The molecule has 1 atom stereocenters. The van der Waals surface area contributed by atoms with Crippen LogP contribution in [-0.4, -0.2) is 27.5 Å². The van der Waals surface area contributed by atoms with Crippen molar-refractivity contribution in [3.05, 3.63) is 91.7 Å². The first-order valence-corrected chi connectivity index (χ1v) is 10.4. The molecule has 1 aromatic heterocycles. The van der Waals surface area contributed by atoms with Gasteiger partial charge in [0.15, 0.2) is 0 Å². The predicted octanol–water partition coefficient (Wildman–Crippen LogP) is 4.13. The van der Waals surface area contributed by atoms with Gasteiger partial charge in [-0.1, -0.05) is 29.8 Å². The molecule has 30 heavy (non-hydrogen) atoms. The molecule has 1 N–H and O–H groups in total. The Morgan fingerprint density at radius 1 is 1.13 bits per heavy atom. The van der Waals surface area contributed by atoms with Crippen molar-refractivity contribution in [2.45, 2.75) is 32.4 Å². The van der Waals surface area contributed by atoms with Crippen LogP contribution in [0.5, 0.6) is 11.5 Å². The van der Waals surface area contributed by atoms with Crippen LogP contribution in [0.3, 0.4) is 0 Å². The molecule has 0 aliphatic carbocycles. The molecule has 1 saturated heterocycles. The van der Waals surface area contributed by atoms with E-state index in [1.807, 2.05) is 36.4 Å². The summed E-state index contributed by atoms with van der Waals surface area (Å²) in [4.78, 5) is 28.7. The lowest BCUT2D eigenvalue weighted by Gasteiger charge is -2.33. The Kier molecular flexibility index (Phi) is 6.06. The smallest absolute Gasteiger partial charge is 0.328 e. The minimum atomic E-state index is -0.339. The normalized spacial score (nSPS) is 17.1. The van der Waals surface area contributed by atoms with Crippen LogP contribution in [0.25, 0.3) is 0 Å². The zero-order valence-electron chi connectivity index (χ0n) is 16.8. The number of piperidine rings is 1. The minimum absolute atomic E-state index is 0.0488. The number of aromatic nitrogens is 2. The number of hydrogen-bond acceptors (Lipinski definition) is 4. The standard InChI is InChI=1S/C23H24ClN3O3/c1-16-13-27(23(29)25-22(16)28)19-7-4-10-26(15-19)14-17-5-2-8-20(11-17)30-21-9-3-6-18(24)12-21/h2-3,5-6,8-9,11-13,19H,4,7,10,14-15H2,1H3,(H,25,28,29)/t19-/m0/s1. The number of ether oxygens (including phenoxy) is 1. The third kappa shape index (κ3) is 4.83. The van der Waals surface area contributed by atoms with Crippen molar-refractivity contribution in [1.29, 1.82) is 0 Å². The van der Waals surface area contributed by atoms with E-state index in [2.05, 4.69) is 16.0 Å². The molecule has 6 nitrogen and oxygen atoms in total. The summed E-state index contributed by atoms with van der Waals surface area (Å²) in [5.74, 6) is 1.46. The summed E-state index contributed by atoms with van der Waals surface area (Å²) < 4.78 is 7.61. The van der Waals surface area contributed by atoms with Crippen molar-refractivity contribution in [3.8, 4) is 11.5 Å². The maximum atomic E-state index is 12.3. The first-order chi connectivity index (χ1) is 14.5. The second kappa shape index (κ2) is 8.90. The van der Waals surface area contributed by atoms with Gasteiger partial charge in [0.1, 0.15) is 11.5 Å². The van der Waals surface area contributed by atoms with E-state index in [0.717, 1.165) is 43.8 Å². The van der Waals surface area contributed by atoms with Gasteiger partial charge in [-0.25, -0.2) is 4.79 Å². The van der Waals surface area contributed by atoms with Gasteiger partial charge in [0.2, 0.25) is 0 Å². The molecule has 0 unspecified atom stereocenters. The number of aryl methyl sites for hydroxylation is 1. The molecule has 3 aromatic rings. The Hall–Kier alpha value is -2.83. The van der Waals surface area contributed by atoms with E-state index in [0.29, 0.717) is 16.3 Å². The zero-order chi connectivity index (χ0) is 21.1. The van der Waals surface area contributed by atoms with Crippen LogP contribution in [0.2, 0.25) is 5.02 Å². The molecule has 1 fully saturated rings. The second-order valence-electron chi connectivity index (χ2n) is 7.72. The molecule has 0 radical (unpaired) electrons. The van der Waals surface area contributed by atoms with Crippen molar-refractivity contribution in [3.63, 3.8) is 0 Å². The summed E-state index contributed by atoms with van der Waals surface area (Å²) >= 11 is 6.03. The van der Waals surface area contributed by atoms with Gasteiger partial charge < -0.3 is 4.74 Å². The number of H-pyrrole nitrogens is 1. The average molecular weight is 426 g/mol. The lowest BCUT2D eigenvalue weighted by atomic mass is 10.0. The largest absolute Gasteiger partial charge is 0.457 e. The number of rotatable bonds is 5. The molecule has 1 aliphatic rings. The van der Waals surface area contributed by atoms with Crippen LogP contribution >= 0.6 is 11.6 Å². The van der Waals surface area contributed by atoms with E-state index >= 15 is 0 Å². The Morgan fingerprint density at radius 3 is 2.70 bits per heavy atom. The molecule has 0 spiro atoms. The summed E-state index contributed by atoms with van der Waals surface area (Å²) in [6, 6.07) is 15.4. The third-order valence-electron chi connectivity index (χ3n) is 5.36. The Morgan fingerprint density at radius 2 is 1.90 bits per heavy atom. The first-order valence-electron chi connectivity index (χ1n) is 10.0. The van der Waals surface area contributed by atoms with E-state index in [-0.39, 0.29) is 17.3 Å². The summed E-state index contributed by atoms with van der Waals surface area (Å²) in [6.45, 7) is 4.21. The topological polar surface area (TPSA) is 67.3 Å². The third-order valence-corrected chi connectivity index (χ3v) is 5.59. The monoisotopic (exact) mass is 425 g/mol. The fourth-order valence-electron chi connectivity index (χ4n) is 3.89. The number of benzene rings is 2. The predicted molar refractivity (Wildman–Crippen MR) is 118 cm³/mol. The number of likely N-dealkylation sites (tertiary alicyclic amines) is 1. The lowest BCUT2D eigenvalue weighted by molar-refractivity contribution is 0.167. The van der Waals surface area contributed by atoms with Gasteiger partial charge in [-0.15, -0.1) is 0 Å². The SMILES string of the molecule is Cc1cn([C@H]2CCCN(Cc3cccc(Oc4cccc(Cl)c4)c3)C2)c(=O)[nH]c1=O. The number of aromatic amines is 1. The van der Waals surface area contributed by atoms with E-state index in [4.69, 9.17) is 16.3 Å². The number of halogens is 1. The zero-order valence-corrected chi connectivity index (χ0v) is 17.6. The summed E-state index contributed by atoms with van der Waals surface area (Å²) in [7, 11) is 0. The fourth-order valence-corrected chi connectivity index (χ4v) is 4.07. The summed E-state index contributed by atoms with van der Waals surface area (Å²) in [6.07, 6.45) is 3.59. The molecule has 0 amide bonds. The Bertz CT molecular complexity index is 1150. The Labute approximate surface area is 179 Å². The summed E-state index contributed by atoms with van der Waals surface area (Å²) in [5, 5.41) is 0.635. The van der Waals surface area contributed by atoms with Crippen LogP contribution in [0.4, 0.5) is 0 Å². The van der Waals surface area contributed by atoms with Crippen molar-refractivity contribution in [2.75, 3.05) is 13.1 Å². The van der Waals surface area contributed by atoms with Crippen LogP contribution in [0.15, 0.2) is 64.3 Å². The van der Waals surface area contributed by atoms with Crippen LogP contribution < -0.4 is 16.0 Å². The molecule has 156 valence electrons. The maximum absolute atomic E-state index is 12.3. The molecular weight excluding hydrogens is 402 g/mol. The van der Waals surface area contributed by atoms with E-state index in [9.17, 15) is 9.59 Å². The van der Waals surface area contributed by atoms with Gasteiger partial charge in [-0.2, -0.15) is 0 Å². The van der Waals surface area contributed by atoms with Gasteiger partial charge in [0.25, 0.3) is 5.56 Å².